The van der Waals surface area contributed by atoms with E-state index in [1.807, 2.05) is 0 Å². The first kappa shape index (κ1) is 14.4. The second-order valence-corrected chi connectivity index (χ2v) is 60.2. The van der Waals surface area contributed by atoms with E-state index in [0.29, 0.717) is 0 Å². The molecule has 1 aliphatic rings. The number of halogens is 3. The Bertz CT molecular complexity index is 502. The van der Waals surface area contributed by atoms with E-state index < -0.39 is 10.2 Å². The van der Waals surface area contributed by atoms with Gasteiger partial charge in [-0.3, -0.25) is 0 Å². The number of hydrogen-bond acceptors (Lipinski definition) is 1. The molecule has 1 aromatic rings. The molecule has 0 aliphatic carbocycles. The van der Waals surface area contributed by atoms with Crippen molar-refractivity contribution in [3.8, 4) is 0 Å². The third-order valence-electron chi connectivity index (χ3n) is 2.97. The zero-order valence-electron chi connectivity index (χ0n) is 10.0. The fraction of sp³-hybridized carbons (Fsp3) is 0.333. The Balaban J connectivity index is 2.75. The molecule has 0 atom stereocenters. The fourth-order valence-electron chi connectivity index (χ4n) is 2.23. The quantitative estimate of drug-likeness (QED) is 0.480. The van der Waals surface area contributed by atoms with Crippen LogP contribution in [0.25, 0.3) is 0 Å². The monoisotopic (exact) mass is 541 g/mol. The van der Waals surface area contributed by atoms with Gasteiger partial charge in [-0.2, -0.15) is 0 Å². The SMILES string of the molecule is CCN1C(C)=C[TeH](Br)(Br)(Br)c2ccc(C)cc21. The van der Waals surface area contributed by atoms with E-state index in [0.717, 1.165) is 6.54 Å². The van der Waals surface area contributed by atoms with Gasteiger partial charge in [-0.05, 0) is 0 Å². The minimum absolute atomic E-state index is 0.996. The maximum absolute atomic E-state index is 3.95. The van der Waals surface area contributed by atoms with Gasteiger partial charge in [0.25, 0.3) is 0 Å². The van der Waals surface area contributed by atoms with Gasteiger partial charge >= 0.3 is 124 Å². The Kier molecular flexibility index (Phi) is 3.83. The predicted molar refractivity (Wildman–Crippen MR) is 91.5 cm³/mol. The Labute approximate surface area is 122 Å². The van der Waals surface area contributed by atoms with Crippen molar-refractivity contribution in [2.75, 3.05) is 11.4 Å². The summed E-state index contributed by atoms with van der Waals surface area (Å²) in [6.45, 7) is 7.50. The molecular formula is C12H16Br3NTe. The van der Waals surface area contributed by atoms with Gasteiger partial charge < -0.3 is 0 Å². The van der Waals surface area contributed by atoms with E-state index in [9.17, 15) is 0 Å². The van der Waals surface area contributed by atoms with Crippen molar-refractivity contribution in [3.05, 3.63) is 33.6 Å². The van der Waals surface area contributed by atoms with Gasteiger partial charge in [-0.25, -0.2) is 0 Å². The zero-order chi connectivity index (χ0) is 12.9. The second kappa shape index (κ2) is 4.52. The summed E-state index contributed by atoms with van der Waals surface area (Å²) < 4.78 is 3.71. The van der Waals surface area contributed by atoms with Crippen LogP contribution in [0.15, 0.2) is 28.0 Å². The van der Waals surface area contributed by atoms with Gasteiger partial charge in [0.15, 0.2) is 0 Å². The molecule has 17 heavy (non-hydrogen) atoms. The summed E-state index contributed by atoms with van der Waals surface area (Å²) in [4.78, 5) is 2.36. The van der Waals surface area contributed by atoms with Crippen molar-refractivity contribution in [2.24, 2.45) is 0 Å². The first-order valence-corrected chi connectivity index (χ1v) is 25.4. The molecule has 0 spiro atoms. The molecule has 5 heteroatoms. The first-order valence-electron chi connectivity index (χ1n) is 5.49. The van der Waals surface area contributed by atoms with Crippen molar-refractivity contribution >= 4 is 57.7 Å². The summed E-state index contributed by atoms with van der Waals surface area (Å²) in [5.74, 6) is 0. The predicted octanol–water partition coefficient (Wildman–Crippen LogP) is 4.29. The van der Waals surface area contributed by atoms with E-state index in [1.165, 1.54) is 20.6 Å². The Hall–Kier alpha value is 0.990. The summed E-state index contributed by atoms with van der Waals surface area (Å²) in [6.07, 6.45) is 0. The van der Waals surface area contributed by atoms with E-state index in [1.54, 1.807) is 0 Å². The van der Waals surface area contributed by atoms with Crippen molar-refractivity contribution in [1.82, 2.24) is 0 Å². The number of hydrogen-bond donors (Lipinski definition) is 0. The normalized spacial score (nSPS) is 23.3. The Morgan fingerprint density at radius 3 is 2.41 bits per heavy atom. The molecule has 2 rings (SSSR count). The van der Waals surface area contributed by atoms with Crippen LogP contribution in [-0.4, -0.2) is 16.7 Å². The number of nitrogens with zero attached hydrogens (tertiary/aromatic N) is 1. The van der Waals surface area contributed by atoms with E-state index in [-0.39, 0.29) is 0 Å². The molecular weight excluding hydrogens is 525 g/mol. The number of aryl methyl sites for hydroxylation is 1. The average Bonchev–Trinajstić information content (AvgIpc) is 2.14. The summed E-state index contributed by atoms with van der Waals surface area (Å²) >= 11 is 11.8. The second-order valence-electron chi connectivity index (χ2n) is 4.37. The molecule has 0 saturated heterocycles. The van der Waals surface area contributed by atoms with Crippen LogP contribution in [0.3, 0.4) is 0 Å². The van der Waals surface area contributed by atoms with Gasteiger partial charge in [0.2, 0.25) is 0 Å². The van der Waals surface area contributed by atoms with E-state index >= 15 is 0 Å². The standard InChI is InChI=1S/C12H16Br3NTe/c1-4-16-10(3)8-17(13,14,15)12-6-5-9(2)7-11(12)16/h5-8,17H,4H2,1-3H3. The van der Waals surface area contributed by atoms with Crippen molar-refractivity contribution in [1.29, 1.82) is 0 Å². The average molecular weight is 542 g/mol. The zero-order valence-corrected chi connectivity index (χ0v) is 17.4. The molecule has 0 bridgehead atoms. The van der Waals surface area contributed by atoms with Crippen LogP contribution in [0.5, 0.6) is 0 Å². The van der Waals surface area contributed by atoms with Gasteiger partial charge in [-0.15, -0.1) is 0 Å². The van der Waals surface area contributed by atoms with Gasteiger partial charge in [0.1, 0.15) is 0 Å². The molecule has 1 heterocycles. The van der Waals surface area contributed by atoms with Crippen LogP contribution in [0.2, 0.25) is 0 Å². The fourth-order valence-corrected chi connectivity index (χ4v) is 19.4. The van der Waals surface area contributed by atoms with Crippen molar-refractivity contribution in [3.63, 3.8) is 0 Å². The van der Waals surface area contributed by atoms with Crippen LogP contribution in [-0.2, 0) is 0 Å². The summed E-state index contributed by atoms with van der Waals surface area (Å²) in [6, 6.07) is 6.68. The van der Waals surface area contributed by atoms with Crippen LogP contribution in [0, 0.1) is 6.92 Å². The number of fused-ring (bicyclic) bond motifs is 1. The van der Waals surface area contributed by atoms with E-state index in [4.69, 9.17) is 0 Å². The molecule has 0 unspecified atom stereocenters. The van der Waals surface area contributed by atoms with Crippen LogP contribution < -0.4 is 8.51 Å². The molecule has 0 saturated carbocycles. The molecule has 0 aromatic heterocycles. The van der Waals surface area contributed by atoms with E-state index in [2.05, 4.69) is 86.3 Å². The molecule has 1 nitrogen and oxygen atoms in total. The third-order valence-corrected chi connectivity index (χ3v) is 20.5. The number of rotatable bonds is 1. The molecule has 1 aliphatic heterocycles. The summed E-state index contributed by atoms with van der Waals surface area (Å²) in [5, 5.41) is 0. The van der Waals surface area contributed by atoms with Gasteiger partial charge in [0.05, 0.1) is 0 Å². The first-order chi connectivity index (χ1) is 7.73. The number of allylic oxidation sites excluding steroid dienone is 1. The number of anilines is 1. The molecule has 0 amide bonds. The van der Waals surface area contributed by atoms with Crippen LogP contribution in [0.4, 0.5) is 5.69 Å². The molecule has 0 fully saturated rings. The Morgan fingerprint density at radius 1 is 1.18 bits per heavy atom. The number of benzene rings is 1. The van der Waals surface area contributed by atoms with Crippen LogP contribution in [0.1, 0.15) is 19.4 Å². The molecule has 0 radical (unpaired) electrons. The molecule has 1 aromatic carbocycles. The van der Waals surface area contributed by atoms with Crippen LogP contribution >= 0.6 is 38.3 Å². The minimum atomic E-state index is -3.24. The third kappa shape index (κ3) is 2.65. The summed E-state index contributed by atoms with van der Waals surface area (Å²) in [7, 11) is -3.24. The topological polar surface area (TPSA) is 3.24 Å². The van der Waals surface area contributed by atoms with Gasteiger partial charge in [-0.1, -0.05) is 0 Å². The molecule has 96 valence electrons. The van der Waals surface area contributed by atoms with Crippen molar-refractivity contribution in [2.45, 2.75) is 20.8 Å². The van der Waals surface area contributed by atoms with Crippen molar-refractivity contribution < 1.29 is 0 Å². The van der Waals surface area contributed by atoms with Gasteiger partial charge in [0, 0.05) is 0 Å². The summed E-state index contributed by atoms with van der Waals surface area (Å²) in [5.41, 5.74) is 3.92. The maximum atomic E-state index is 3.95. The molecule has 0 N–H and O–H groups in total. The Morgan fingerprint density at radius 2 is 1.82 bits per heavy atom.